The van der Waals surface area contributed by atoms with E-state index in [1.807, 2.05) is 37.4 Å². The molecule has 5 nitrogen and oxygen atoms in total. The van der Waals surface area contributed by atoms with Crippen molar-refractivity contribution in [2.75, 3.05) is 11.2 Å². The summed E-state index contributed by atoms with van der Waals surface area (Å²) in [4.78, 5) is 26.6. The minimum atomic E-state index is -0.488. The van der Waals surface area contributed by atoms with Gasteiger partial charge < -0.3 is 4.90 Å². The molecule has 0 saturated carbocycles. The van der Waals surface area contributed by atoms with Gasteiger partial charge in [0.05, 0.1) is 4.92 Å². The molecule has 0 fully saturated rings. The molecule has 1 aliphatic rings. The van der Waals surface area contributed by atoms with E-state index in [1.54, 1.807) is 17.0 Å². The summed E-state index contributed by atoms with van der Waals surface area (Å²) in [6.45, 7) is 1.98. The molecule has 0 aliphatic carbocycles. The maximum absolute atomic E-state index is 13.2. The van der Waals surface area contributed by atoms with E-state index in [2.05, 4.69) is 0 Å². The van der Waals surface area contributed by atoms with Crippen LogP contribution in [0.15, 0.2) is 47.4 Å². The van der Waals surface area contributed by atoms with Gasteiger partial charge in [-0.25, -0.2) is 0 Å². The lowest BCUT2D eigenvalue weighted by Crippen LogP contribution is -2.42. The highest BCUT2D eigenvalue weighted by Crippen LogP contribution is 2.34. The summed E-state index contributed by atoms with van der Waals surface area (Å²) in [5.74, 6) is -0.308. The van der Waals surface area contributed by atoms with Crippen LogP contribution in [0.3, 0.4) is 0 Å². The SMILES string of the molecule is CSc1ccc([N+](=O)[O-])c(C(=O)N2c3ccccc3CCC2C)c1. The average Bonchev–Trinajstić information content (AvgIpc) is 2.60. The third kappa shape index (κ3) is 2.89. The molecule has 2 aromatic rings. The molecule has 2 aromatic carbocycles. The van der Waals surface area contributed by atoms with Crippen LogP contribution in [-0.2, 0) is 6.42 Å². The van der Waals surface area contributed by atoms with E-state index in [4.69, 9.17) is 0 Å². The number of hydrogen-bond donors (Lipinski definition) is 0. The molecular weight excluding hydrogens is 324 g/mol. The van der Waals surface area contributed by atoms with Crippen molar-refractivity contribution in [1.29, 1.82) is 0 Å². The molecule has 124 valence electrons. The summed E-state index contributed by atoms with van der Waals surface area (Å²) in [5.41, 5.74) is 1.96. The maximum Gasteiger partial charge on any atom is 0.282 e. The lowest BCUT2D eigenvalue weighted by Gasteiger charge is -2.35. The summed E-state index contributed by atoms with van der Waals surface area (Å²) >= 11 is 1.46. The number of anilines is 1. The lowest BCUT2D eigenvalue weighted by atomic mass is 9.95. The highest BCUT2D eigenvalue weighted by atomic mass is 32.2. The van der Waals surface area contributed by atoms with Crippen LogP contribution in [0, 0.1) is 10.1 Å². The number of para-hydroxylation sites is 1. The van der Waals surface area contributed by atoms with Gasteiger partial charge in [0.15, 0.2) is 0 Å². The molecule has 0 spiro atoms. The number of carbonyl (C=O) groups excluding carboxylic acids is 1. The van der Waals surface area contributed by atoms with E-state index in [-0.39, 0.29) is 23.2 Å². The molecule has 0 saturated heterocycles. The largest absolute Gasteiger partial charge is 0.305 e. The Hall–Kier alpha value is -2.34. The Kier molecular flexibility index (Phi) is 4.57. The van der Waals surface area contributed by atoms with E-state index in [0.29, 0.717) is 0 Å². The summed E-state index contributed by atoms with van der Waals surface area (Å²) in [7, 11) is 0. The molecule has 24 heavy (non-hydrogen) atoms. The quantitative estimate of drug-likeness (QED) is 0.474. The zero-order valence-corrected chi connectivity index (χ0v) is 14.4. The van der Waals surface area contributed by atoms with Gasteiger partial charge in [0.1, 0.15) is 5.56 Å². The number of amides is 1. The highest BCUT2D eigenvalue weighted by molar-refractivity contribution is 7.98. The van der Waals surface area contributed by atoms with Crippen LogP contribution in [0.25, 0.3) is 0 Å². The Labute approximate surface area is 144 Å². The van der Waals surface area contributed by atoms with Crippen LogP contribution in [0.1, 0.15) is 29.3 Å². The smallest absolute Gasteiger partial charge is 0.282 e. The fourth-order valence-corrected chi connectivity index (χ4v) is 3.54. The minimum absolute atomic E-state index is 0.00457. The first-order valence-corrected chi connectivity index (χ1v) is 8.99. The van der Waals surface area contributed by atoms with E-state index in [9.17, 15) is 14.9 Å². The molecule has 3 rings (SSSR count). The van der Waals surface area contributed by atoms with Gasteiger partial charge in [-0.2, -0.15) is 0 Å². The molecule has 0 bridgehead atoms. The van der Waals surface area contributed by atoms with Gasteiger partial charge in [-0.1, -0.05) is 18.2 Å². The number of benzene rings is 2. The van der Waals surface area contributed by atoms with Gasteiger partial charge in [0.25, 0.3) is 11.6 Å². The molecule has 1 amide bonds. The number of nitro groups is 1. The summed E-state index contributed by atoms with van der Waals surface area (Å²) in [6, 6.07) is 12.5. The zero-order valence-electron chi connectivity index (χ0n) is 13.6. The van der Waals surface area contributed by atoms with Crippen LogP contribution in [0.5, 0.6) is 0 Å². The number of hydrogen-bond acceptors (Lipinski definition) is 4. The lowest BCUT2D eigenvalue weighted by molar-refractivity contribution is -0.385. The zero-order chi connectivity index (χ0) is 17.3. The summed E-state index contributed by atoms with van der Waals surface area (Å²) < 4.78 is 0. The minimum Gasteiger partial charge on any atom is -0.305 e. The van der Waals surface area contributed by atoms with Crippen molar-refractivity contribution < 1.29 is 9.72 Å². The number of rotatable bonds is 3. The second-order valence-electron chi connectivity index (χ2n) is 5.83. The van der Waals surface area contributed by atoms with Crippen LogP contribution in [0.2, 0.25) is 0 Å². The third-order valence-corrected chi connectivity index (χ3v) is 5.10. The van der Waals surface area contributed by atoms with E-state index >= 15 is 0 Å². The number of fused-ring (bicyclic) bond motifs is 1. The van der Waals surface area contributed by atoms with Gasteiger partial charge in [0, 0.05) is 22.7 Å². The van der Waals surface area contributed by atoms with Gasteiger partial charge in [-0.3, -0.25) is 14.9 Å². The van der Waals surface area contributed by atoms with Crippen molar-refractivity contribution in [3.05, 3.63) is 63.7 Å². The molecule has 1 atom stereocenters. The van der Waals surface area contributed by atoms with E-state index in [1.165, 1.54) is 17.8 Å². The number of aryl methyl sites for hydroxylation is 1. The predicted octanol–water partition coefficient (Wildman–Crippen LogP) is 4.30. The third-order valence-electron chi connectivity index (χ3n) is 4.37. The Bertz CT molecular complexity index is 807. The fourth-order valence-electron chi connectivity index (χ4n) is 3.10. The van der Waals surface area contributed by atoms with Crippen LogP contribution < -0.4 is 4.90 Å². The van der Waals surface area contributed by atoms with Crippen LogP contribution in [0.4, 0.5) is 11.4 Å². The maximum atomic E-state index is 13.2. The Morgan fingerprint density at radius 1 is 1.29 bits per heavy atom. The van der Waals surface area contributed by atoms with Gasteiger partial charge in [-0.05, 0) is 49.8 Å². The van der Waals surface area contributed by atoms with Gasteiger partial charge in [0.2, 0.25) is 0 Å². The highest BCUT2D eigenvalue weighted by Gasteiger charge is 2.32. The predicted molar refractivity (Wildman–Crippen MR) is 95.9 cm³/mol. The average molecular weight is 342 g/mol. The van der Waals surface area contributed by atoms with Gasteiger partial charge >= 0.3 is 0 Å². The van der Waals surface area contributed by atoms with E-state index in [0.717, 1.165) is 29.0 Å². The molecule has 0 N–H and O–H groups in total. The van der Waals surface area contributed by atoms with Crippen molar-refractivity contribution in [3.63, 3.8) is 0 Å². The number of nitrogens with zero attached hydrogens (tertiary/aromatic N) is 2. The van der Waals surface area contributed by atoms with Crippen molar-refractivity contribution in [3.8, 4) is 0 Å². The normalized spacial score (nSPS) is 16.6. The first-order valence-electron chi connectivity index (χ1n) is 7.77. The van der Waals surface area contributed by atoms with Gasteiger partial charge in [-0.15, -0.1) is 11.8 Å². The van der Waals surface area contributed by atoms with E-state index < -0.39 is 4.92 Å². The molecular formula is C18H18N2O3S. The number of carbonyl (C=O) groups is 1. The first kappa shape index (κ1) is 16.5. The van der Waals surface area contributed by atoms with Crippen molar-refractivity contribution in [2.45, 2.75) is 30.7 Å². The molecule has 6 heteroatoms. The fraction of sp³-hybridized carbons (Fsp3) is 0.278. The van der Waals surface area contributed by atoms with Crippen LogP contribution >= 0.6 is 11.8 Å². The summed E-state index contributed by atoms with van der Waals surface area (Å²) in [5, 5.41) is 11.4. The molecule has 0 aromatic heterocycles. The molecule has 1 heterocycles. The van der Waals surface area contributed by atoms with Crippen molar-refractivity contribution >= 4 is 29.0 Å². The van der Waals surface area contributed by atoms with Crippen molar-refractivity contribution in [2.24, 2.45) is 0 Å². The monoisotopic (exact) mass is 342 g/mol. The topological polar surface area (TPSA) is 63.5 Å². The Morgan fingerprint density at radius 2 is 2.04 bits per heavy atom. The number of thioether (sulfide) groups is 1. The first-order chi connectivity index (χ1) is 11.5. The second-order valence-corrected chi connectivity index (χ2v) is 6.71. The number of nitro benzene ring substituents is 1. The molecule has 1 unspecified atom stereocenters. The summed E-state index contributed by atoms with van der Waals surface area (Å²) in [6.07, 6.45) is 3.64. The molecule has 1 aliphatic heterocycles. The Balaban J connectivity index is 2.11. The molecule has 0 radical (unpaired) electrons. The second kappa shape index (κ2) is 6.65. The standard InChI is InChI=1S/C18H18N2O3S/c1-12-7-8-13-5-3-4-6-16(13)19(12)18(21)15-11-14(24-2)9-10-17(15)20(22)23/h3-6,9-12H,7-8H2,1-2H3. The Morgan fingerprint density at radius 3 is 2.75 bits per heavy atom. The van der Waals surface area contributed by atoms with Crippen LogP contribution in [-0.4, -0.2) is 23.1 Å². The van der Waals surface area contributed by atoms with Crippen molar-refractivity contribution in [1.82, 2.24) is 0 Å².